The third kappa shape index (κ3) is 4.04. The van der Waals surface area contributed by atoms with Crippen molar-refractivity contribution in [2.75, 3.05) is 13.1 Å². The lowest BCUT2D eigenvalue weighted by Crippen LogP contribution is -2.28. The van der Waals surface area contributed by atoms with Crippen molar-refractivity contribution in [3.63, 3.8) is 0 Å². The van der Waals surface area contributed by atoms with E-state index in [-0.39, 0.29) is 10.8 Å². The minimum atomic E-state index is -0.378. The number of nitrogens with two attached hydrogens (primary N) is 1. The average molecular weight is 293 g/mol. The van der Waals surface area contributed by atoms with E-state index in [0.29, 0.717) is 13.1 Å². The lowest BCUT2D eigenvalue weighted by molar-refractivity contribution is 0.264. The van der Waals surface area contributed by atoms with Crippen LogP contribution in [0.25, 0.3) is 0 Å². The van der Waals surface area contributed by atoms with Crippen LogP contribution in [0.15, 0.2) is 48.5 Å². The second-order valence-electron chi connectivity index (χ2n) is 4.70. The van der Waals surface area contributed by atoms with Crippen LogP contribution in [0.2, 0.25) is 5.02 Å². The van der Waals surface area contributed by atoms with E-state index in [0.717, 1.165) is 18.7 Å². The number of halogens is 2. The molecule has 0 spiro atoms. The van der Waals surface area contributed by atoms with Crippen LogP contribution >= 0.6 is 11.6 Å². The van der Waals surface area contributed by atoms with Gasteiger partial charge in [-0.2, -0.15) is 0 Å². The van der Waals surface area contributed by atoms with Crippen molar-refractivity contribution in [2.45, 2.75) is 13.1 Å². The van der Waals surface area contributed by atoms with Gasteiger partial charge in [-0.3, -0.25) is 4.90 Å². The van der Waals surface area contributed by atoms with Crippen LogP contribution in [0.5, 0.6) is 0 Å². The summed E-state index contributed by atoms with van der Waals surface area (Å²) in [5.41, 5.74) is 7.65. The lowest BCUT2D eigenvalue weighted by atomic mass is 10.1. The Labute approximate surface area is 124 Å². The standard InChI is InChI=1S/C16H18ClFN2/c17-16-14(7-4-8-15(16)18)12-20(10-9-19)11-13-5-2-1-3-6-13/h1-8H,9-12,19H2. The molecule has 0 radical (unpaired) electrons. The number of rotatable bonds is 6. The number of hydrogen-bond donors (Lipinski definition) is 1. The normalized spacial score (nSPS) is 11.0. The SMILES string of the molecule is NCCN(Cc1ccccc1)Cc1cccc(F)c1Cl. The lowest BCUT2D eigenvalue weighted by Gasteiger charge is -2.22. The first-order valence-corrected chi connectivity index (χ1v) is 6.97. The van der Waals surface area contributed by atoms with E-state index in [2.05, 4.69) is 17.0 Å². The highest BCUT2D eigenvalue weighted by Gasteiger charge is 2.11. The fourth-order valence-electron chi connectivity index (χ4n) is 2.15. The molecule has 2 N–H and O–H groups in total. The molecule has 2 nitrogen and oxygen atoms in total. The van der Waals surface area contributed by atoms with Gasteiger partial charge in [0.05, 0.1) is 5.02 Å². The molecule has 20 heavy (non-hydrogen) atoms. The molecule has 0 fully saturated rings. The van der Waals surface area contributed by atoms with Crippen molar-refractivity contribution in [3.8, 4) is 0 Å². The molecule has 0 atom stereocenters. The van der Waals surface area contributed by atoms with E-state index in [4.69, 9.17) is 17.3 Å². The average Bonchev–Trinajstić information content (AvgIpc) is 2.45. The van der Waals surface area contributed by atoms with Gasteiger partial charge >= 0.3 is 0 Å². The van der Waals surface area contributed by atoms with E-state index in [9.17, 15) is 4.39 Å². The Morgan fingerprint density at radius 1 is 1.00 bits per heavy atom. The molecule has 0 saturated carbocycles. The first-order valence-electron chi connectivity index (χ1n) is 6.60. The van der Waals surface area contributed by atoms with Crippen LogP contribution < -0.4 is 5.73 Å². The molecule has 4 heteroatoms. The van der Waals surface area contributed by atoms with Crippen molar-refractivity contribution in [1.82, 2.24) is 4.90 Å². The Balaban J connectivity index is 2.11. The van der Waals surface area contributed by atoms with Crippen LogP contribution in [0, 0.1) is 5.82 Å². The maximum Gasteiger partial charge on any atom is 0.142 e. The highest BCUT2D eigenvalue weighted by Crippen LogP contribution is 2.21. The summed E-state index contributed by atoms with van der Waals surface area (Å²) in [6.07, 6.45) is 0. The topological polar surface area (TPSA) is 29.3 Å². The van der Waals surface area contributed by atoms with Crippen molar-refractivity contribution in [1.29, 1.82) is 0 Å². The van der Waals surface area contributed by atoms with Crippen molar-refractivity contribution in [2.24, 2.45) is 5.73 Å². The van der Waals surface area contributed by atoms with Gasteiger partial charge in [-0.1, -0.05) is 54.1 Å². The van der Waals surface area contributed by atoms with Crippen LogP contribution in [0.1, 0.15) is 11.1 Å². The zero-order valence-corrected chi connectivity index (χ0v) is 12.0. The summed E-state index contributed by atoms with van der Waals surface area (Å²) in [7, 11) is 0. The molecular weight excluding hydrogens is 275 g/mol. The number of benzene rings is 2. The highest BCUT2D eigenvalue weighted by atomic mass is 35.5. The van der Waals surface area contributed by atoms with Crippen LogP contribution in [-0.2, 0) is 13.1 Å². The molecule has 0 aliphatic carbocycles. The Morgan fingerprint density at radius 2 is 1.75 bits per heavy atom. The van der Waals surface area contributed by atoms with Gasteiger partial charge in [0.1, 0.15) is 5.82 Å². The van der Waals surface area contributed by atoms with Gasteiger partial charge < -0.3 is 5.73 Å². The monoisotopic (exact) mass is 292 g/mol. The molecule has 2 rings (SSSR count). The largest absolute Gasteiger partial charge is 0.329 e. The van der Waals surface area contributed by atoms with E-state index < -0.39 is 0 Å². The molecule has 0 unspecified atom stereocenters. The summed E-state index contributed by atoms with van der Waals surface area (Å²) in [6.45, 7) is 2.65. The van der Waals surface area contributed by atoms with Gasteiger partial charge in [0.2, 0.25) is 0 Å². The predicted molar refractivity (Wildman–Crippen MR) is 81.0 cm³/mol. The Morgan fingerprint density at radius 3 is 2.45 bits per heavy atom. The van der Waals surface area contributed by atoms with Crippen molar-refractivity contribution >= 4 is 11.6 Å². The molecule has 0 amide bonds. The molecule has 2 aromatic carbocycles. The second-order valence-corrected chi connectivity index (χ2v) is 5.08. The fraction of sp³-hybridized carbons (Fsp3) is 0.250. The third-order valence-corrected chi connectivity index (χ3v) is 3.54. The van der Waals surface area contributed by atoms with Gasteiger partial charge in [-0.15, -0.1) is 0 Å². The number of hydrogen-bond acceptors (Lipinski definition) is 2. The van der Waals surface area contributed by atoms with Gasteiger partial charge in [0.15, 0.2) is 0 Å². The van der Waals surface area contributed by atoms with Gasteiger partial charge in [0, 0.05) is 26.2 Å². The van der Waals surface area contributed by atoms with Gasteiger partial charge in [0.25, 0.3) is 0 Å². The molecule has 0 aromatic heterocycles. The van der Waals surface area contributed by atoms with E-state index in [1.807, 2.05) is 24.3 Å². The Hall–Kier alpha value is -1.42. The van der Waals surface area contributed by atoms with E-state index in [1.54, 1.807) is 6.07 Å². The zero-order valence-electron chi connectivity index (χ0n) is 11.2. The highest BCUT2D eigenvalue weighted by molar-refractivity contribution is 6.31. The maximum atomic E-state index is 13.5. The van der Waals surface area contributed by atoms with Crippen LogP contribution in [-0.4, -0.2) is 18.0 Å². The number of nitrogens with zero attached hydrogens (tertiary/aromatic N) is 1. The summed E-state index contributed by atoms with van der Waals surface area (Å²) in [6, 6.07) is 15.0. The minimum Gasteiger partial charge on any atom is -0.329 e. The summed E-state index contributed by atoms with van der Waals surface area (Å²) in [5.74, 6) is -0.378. The van der Waals surface area contributed by atoms with Crippen molar-refractivity contribution in [3.05, 3.63) is 70.5 Å². The smallest absolute Gasteiger partial charge is 0.142 e. The molecule has 0 aliphatic heterocycles. The first kappa shape index (κ1) is 15.0. The molecule has 0 heterocycles. The molecule has 0 bridgehead atoms. The zero-order chi connectivity index (χ0) is 14.4. The molecule has 0 aliphatic rings. The molecule has 106 valence electrons. The summed E-state index contributed by atoms with van der Waals surface area (Å²) in [4.78, 5) is 2.16. The minimum absolute atomic E-state index is 0.197. The second kappa shape index (κ2) is 7.39. The molecule has 2 aromatic rings. The van der Waals surface area contributed by atoms with E-state index >= 15 is 0 Å². The maximum absolute atomic E-state index is 13.5. The Bertz CT molecular complexity index is 545. The predicted octanol–water partition coefficient (Wildman–Crippen LogP) is 3.44. The van der Waals surface area contributed by atoms with Crippen molar-refractivity contribution < 1.29 is 4.39 Å². The van der Waals surface area contributed by atoms with Gasteiger partial charge in [-0.25, -0.2) is 4.39 Å². The summed E-state index contributed by atoms with van der Waals surface area (Å²) in [5, 5.41) is 0.197. The first-order chi connectivity index (χ1) is 9.70. The van der Waals surface area contributed by atoms with E-state index in [1.165, 1.54) is 11.6 Å². The van der Waals surface area contributed by atoms with Gasteiger partial charge in [-0.05, 0) is 17.2 Å². The van der Waals surface area contributed by atoms with Crippen LogP contribution in [0.3, 0.4) is 0 Å². The summed E-state index contributed by atoms with van der Waals surface area (Å²) < 4.78 is 13.5. The Kier molecular flexibility index (Phi) is 5.53. The van der Waals surface area contributed by atoms with Crippen LogP contribution in [0.4, 0.5) is 4.39 Å². The third-order valence-electron chi connectivity index (χ3n) is 3.12. The fourth-order valence-corrected chi connectivity index (χ4v) is 2.34. The molecular formula is C16H18ClFN2. The molecule has 0 saturated heterocycles. The quantitative estimate of drug-likeness (QED) is 0.884. The summed E-state index contributed by atoms with van der Waals surface area (Å²) >= 11 is 6.01.